The van der Waals surface area contributed by atoms with Crippen molar-refractivity contribution >= 4 is 40.0 Å². The highest BCUT2D eigenvalue weighted by molar-refractivity contribution is 7.99. The Morgan fingerprint density at radius 2 is 1.89 bits per heavy atom. The van der Waals surface area contributed by atoms with Gasteiger partial charge in [-0.1, -0.05) is 36.0 Å². The summed E-state index contributed by atoms with van der Waals surface area (Å²) in [6.45, 7) is 2.59. The van der Waals surface area contributed by atoms with Crippen LogP contribution in [0.2, 0.25) is 0 Å². The van der Waals surface area contributed by atoms with Crippen LogP contribution in [0.3, 0.4) is 0 Å². The van der Waals surface area contributed by atoms with Gasteiger partial charge in [-0.15, -0.1) is 21.5 Å². The van der Waals surface area contributed by atoms with Crippen LogP contribution in [0.5, 0.6) is 5.75 Å². The molecule has 0 radical (unpaired) electrons. The zero-order valence-corrected chi connectivity index (χ0v) is 21.4. The number of aromatic nitrogens is 3. The Balaban J connectivity index is 1.50. The Labute approximate surface area is 215 Å². The molecule has 2 aromatic carbocycles. The monoisotopic (exact) mass is 526 g/mol. The summed E-state index contributed by atoms with van der Waals surface area (Å²) >= 11 is 2.44. The fourth-order valence-corrected chi connectivity index (χ4v) is 5.32. The summed E-state index contributed by atoms with van der Waals surface area (Å²) < 4.78 is 25.5. The molecule has 4 aromatic rings. The third-order valence-corrected chi connectivity index (χ3v) is 7.14. The van der Waals surface area contributed by atoms with Crippen LogP contribution in [0.1, 0.15) is 17.3 Å². The number of carbonyl (C=O) groups excluding carboxylic acids is 2. The second-order valence-electron chi connectivity index (χ2n) is 7.47. The zero-order valence-electron chi connectivity index (χ0n) is 19.8. The first-order chi connectivity index (χ1) is 17.4. The lowest BCUT2D eigenvalue weighted by Gasteiger charge is -2.09. The van der Waals surface area contributed by atoms with Crippen molar-refractivity contribution in [2.45, 2.75) is 18.6 Å². The molecule has 1 N–H and O–H groups in total. The summed E-state index contributed by atoms with van der Waals surface area (Å²) in [6, 6.07) is 13.3. The number of rotatable bonds is 9. The van der Waals surface area contributed by atoms with Crippen LogP contribution in [0.15, 0.2) is 59.1 Å². The fraction of sp³-hybridized carbons (Fsp3) is 0.200. The van der Waals surface area contributed by atoms with Crippen LogP contribution in [-0.4, -0.2) is 46.6 Å². The molecular weight excluding hydrogens is 503 g/mol. The summed E-state index contributed by atoms with van der Waals surface area (Å²) in [5.74, 6) is 0.159. The maximum absolute atomic E-state index is 13.4. The molecule has 2 heterocycles. The van der Waals surface area contributed by atoms with Crippen molar-refractivity contribution < 1.29 is 23.5 Å². The number of thiophene rings is 1. The van der Waals surface area contributed by atoms with Crippen LogP contribution >= 0.6 is 23.1 Å². The Bertz CT molecular complexity index is 1390. The van der Waals surface area contributed by atoms with Crippen molar-refractivity contribution in [1.29, 1.82) is 0 Å². The van der Waals surface area contributed by atoms with Crippen LogP contribution < -0.4 is 10.1 Å². The molecule has 0 spiro atoms. The van der Waals surface area contributed by atoms with Crippen LogP contribution in [0, 0.1) is 5.82 Å². The molecule has 4 rings (SSSR count). The first-order valence-electron chi connectivity index (χ1n) is 10.9. The predicted octanol–water partition coefficient (Wildman–Crippen LogP) is 5.36. The topological polar surface area (TPSA) is 95.3 Å². The lowest BCUT2D eigenvalue weighted by atomic mass is 10.0. The standard InChI is InChI=1S/C25H23FN4O4S2/c1-4-30-22(16-6-5-7-18(12-16)33-2)28-29-25(30)36-14-20(31)27-23-21(24(32)34-3)19(13-35-23)15-8-10-17(26)11-9-15/h5-13H,4,14H2,1-3H3,(H,27,31). The maximum atomic E-state index is 13.4. The molecule has 0 atom stereocenters. The van der Waals surface area contributed by atoms with Gasteiger partial charge in [0.05, 0.1) is 20.0 Å². The molecular formula is C25H23FN4O4S2. The van der Waals surface area contributed by atoms with E-state index in [2.05, 4.69) is 15.5 Å². The highest BCUT2D eigenvalue weighted by Crippen LogP contribution is 2.36. The lowest BCUT2D eigenvalue weighted by Crippen LogP contribution is -2.16. The van der Waals surface area contributed by atoms with Crippen molar-refractivity contribution in [2.24, 2.45) is 0 Å². The predicted molar refractivity (Wildman–Crippen MR) is 138 cm³/mol. The van der Waals surface area contributed by atoms with E-state index in [9.17, 15) is 14.0 Å². The molecule has 0 saturated carbocycles. The van der Waals surface area contributed by atoms with Gasteiger partial charge in [0.25, 0.3) is 0 Å². The van der Waals surface area contributed by atoms with Gasteiger partial charge in [-0.25, -0.2) is 9.18 Å². The van der Waals surface area contributed by atoms with E-state index in [1.54, 1.807) is 24.6 Å². The Hall–Kier alpha value is -3.70. The summed E-state index contributed by atoms with van der Waals surface area (Å²) in [7, 11) is 2.87. The van der Waals surface area contributed by atoms with Crippen molar-refractivity contribution in [3.05, 3.63) is 65.3 Å². The molecule has 36 heavy (non-hydrogen) atoms. The lowest BCUT2D eigenvalue weighted by molar-refractivity contribution is -0.113. The first kappa shape index (κ1) is 25.4. The first-order valence-corrected chi connectivity index (χ1v) is 12.8. The van der Waals surface area contributed by atoms with E-state index >= 15 is 0 Å². The van der Waals surface area contributed by atoms with Gasteiger partial charge >= 0.3 is 5.97 Å². The summed E-state index contributed by atoms with van der Waals surface area (Å²) in [5, 5.41) is 14.1. The van der Waals surface area contributed by atoms with E-state index in [4.69, 9.17) is 9.47 Å². The van der Waals surface area contributed by atoms with Gasteiger partial charge < -0.3 is 19.4 Å². The van der Waals surface area contributed by atoms with Crippen molar-refractivity contribution in [2.75, 3.05) is 25.3 Å². The summed E-state index contributed by atoms with van der Waals surface area (Å²) in [4.78, 5) is 25.3. The molecule has 0 bridgehead atoms. The number of hydrogen-bond acceptors (Lipinski definition) is 8. The molecule has 186 valence electrons. The number of hydrogen-bond donors (Lipinski definition) is 1. The van der Waals surface area contributed by atoms with E-state index < -0.39 is 5.97 Å². The van der Waals surface area contributed by atoms with Crippen LogP contribution in [0.4, 0.5) is 9.39 Å². The molecule has 11 heteroatoms. The zero-order chi connectivity index (χ0) is 25.7. The van der Waals surface area contributed by atoms with E-state index in [0.29, 0.717) is 39.4 Å². The minimum absolute atomic E-state index is 0.0562. The van der Waals surface area contributed by atoms with Gasteiger partial charge in [-0.2, -0.15) is 0 Å². The number of halogens is 1. The quantitative estimate of drug-likeness (QED) is 0.232. The van der Waals surface area contributed by atoms with E-state index in [1.807, 2.05) is 35.8 Å². The van der Waals surface area contributed by atoms with E-state index in [1.165, 1.54) is 42.3 Å². The number of methoxy groups -OCH3 is 2. The Morgan fingerprint density at radius 3 is 2.58 bits per heavy atom. The number of amides is 1. The number of thioether (sulfide) groups is 1. The van der Waals surface area contributed by atoms with Gasteiger partial charge in [-0.05, 0) is 36.8 Å². The van der Waals surface area contributed by atoms with E-state index in [-0.39, 0.29) is 23.0 Å². The van der Waals surface area contributed by atoms with Crippen LogP contribution in [-0.2, 0) is 16.1 Å². The highest BCUT2D eigenvalue weighted by Gasteiger charge is 2.23. The second kappa shape index (κ2) is 11.4. The Morgan fingerprint density at radius 1 is 1.11 bits per heavy atom. The molecule has 0 aliphatic carbocycles. The Kier molecular flexibility index (Phi) is 8.01. The second-order valence-corrected chi connectivity index (χ2v) is 9.29. The van der Waals surface area contributed by atoms with Gasteiger partial charge in [0.2, 0.25) is 5.91 Å². The normalized spacial score (nSPS) is 10.8. The fourth-order valence-electron chi connectivity index (χ4n) is 3.55. The van der Waals surface area contributed by atoms with E-state index in [0.717, 1.165) is 5.56 Å². The molecule has 1 amide bonds. The molecule has 0 saturated heterocycles. The summed E-state index contributed by atoms with van der Waals surface area (Å²) in [6.07, 6.45) is 0. The molecule has 2 aromatic heterocycles. The third-order valence-electron chi connectivity index (χ3n) is 5.28. The van der Waals surface area contributed by atoms with Crippen LogP contribution in [0.25, 0.3) is 22.5 Å². The number of esters is 1. The maximum Gasteiger partial charge on any atom is 0.341 e. The molecule has 0 unspecified atom stereocenters. The molecule has 0 aliphatic rings. The largest absolute Gasteiger partial charge is 0.497 e. The van der Waals surface area contributed by atoms with Gasteiger partial charge in [0.1, 0.15) is 22.1 Å². The highest BCUT2D eigenvalue weighted by atomic mass is 32.2. The number of nitrogens with one attached hydrogen (secondary N) is 1. The van der Waals surface area contributed by atoms with Gasteiger partial charge in [-0.3, -0.25) is 4.79 Å². The van der Waals surface area contributed by atoms with Crippen molar-refractivity contribution in [1.82, 2.24) is 14.8 Å². The number of benzene rings is 2. The van der Waals surface area contributed by atoms with Gasteiger partial charge in [0, 0.05) is 23.1 Å². The summed E-state index contributed by atoms with van der Waals surface area (Å²) in [5.41, 5.74) is 2.28. The van der Waals surface area contributed by atoms with Gasteiger partial charge in [0.15, 0.2) is 11.0 Å². The van der Waals surface area contributed by atoms with Crippen molar-refractivity contribution in [3.8, 4) is 28.3 Å². The number of ether oxygens (including phenoxy) is 2. The third kappa shape index (κ3) is 5.42. The minimum atomic E-state index is -0.591. The average Bonchev–Trinajstić information content (AvgIpc) is 3.51. The molecule has 0 fully saturated rings. The smallest absolute Gasteiger partial charge is 0.341 e. The average molecular weight is 527 g/mol. The number of carbonyl (C=O) groups is 2. The molecule has 8 nitrogen and oxygen atoms in total. The molecule has 0 aliphatic heterocycles. The minimum Gasteiger partial charge on any atom is -0.497 e. The van der Waals surface area contributed by atoms with Crippen molar-refractivity contribution in [3.63, 3.8) is 0 Å². The number of anilines is 1. The number of nitrogens with zero attached hydrogens (tertiary/aromatic N) is 3. The SMILES string of the molecule is CCn1c(SCC(=O)Nc2scc(-c3ccc(F)cc3)c2C(=O)OC)nnc1-c1cccc(OC)c1.